The van der Waals surface area contributed by atoms with Gasteiger partial charge < -0.3 is 4.74 Å². The smallest absolute Gasteiger partial charge is 0.248 e. The molecule has 1 fully saturated rings. The van der Waals surface area contributed by atoms with Crippen molar-refractivity contribution in [3.8, 4) is 5.75 Å². The third kappa shape index (κ3) is 3.82. The average Bonchev–Trinajstić information content (AvgIpc) is 2.38. The van der Waals surface area contributed by atoms with Crippen molar-refractivity contribution in [3.05, 3.63) is 29.8 Å². The second-order valence-corrected chi connectivity index (χ2v) is 5.80. The lowest BCUT2D eigenvalue weighted by Crippen LogP contribution is -2.31. The highest BCUT2D eigenvalue weighted by molar-refractivity contribution is 6.21. The van der Waals surface area contributed by atoms with Crippen LogP contribution in [0.1, 0.15) is 31.2 Å². The zero-order valence-corrected chi connectivity index (χ0v) is 11.8. The van der Waals surface area contributed by atoms with Crippen LogP contribution < -0.4 is 4.74 Å². The van der Waals surface area contributed by atoms with Crippen LogP contribution in [0.2, 0.25) is 0 Å². The lowest BCUT2D eigenvalue weighted by atomic mass is 9.82. The molecule has 0 amide bonds. The Morgan fingerprint density at radius 2 is 2.16 bits per heavy atom. The first-order valence-electron chi connectivity index (χ1n) is 6.65. The van der Waals surface area contributed by atoms with Crippen molar-refractivity contribution in [3.63, 3.8) is 0 Å². The third-order valence-electron chi connectivity index (χ3n) is 3.80. The quantitative estimate of drug-likeness (QED) is 0.732. The normalized spacial score (nSPS) is 23.9. The highest BCUT2D eigenvalue weighted by Gasteiger charge is 2.38. The molecule has 0 saturated heterocycles. The molecule has 2 unspecified atom stereocenters. The number of rotatable bonds is 4. The number of hydrogen-bond donors (Lipinski definition) is 0. The second kappa shape index (κ2) is 6.08. The first-order valence-corrected chi connectivity index (χ1v) is 7.09. The van der Waals surface area contributed by atoms with Crippen LogP contribution in [0.3, 0.4) is 0 Å². The standard InChI is InChI=1S/C15H19ClF2O/c1-19-14-7-3-2-5-11(14)9-13(16)12-6-4-8-15(17,18)10-12/h2-3,5,7,12-13H,4,6,8-10H2,1H3. The monoisotopic (exact) mass is 288 g/mol. The van der Waals surface area contributed by atoms with Gasteiger partial charge in [0, 0.05) is 18.2 Å². The van der Waals surface area contributed by atoms with Gasteiger partial charge in [-0.15, -0.1) is 11.6 Å². The van der Waals surface area contributed by atoms with Crippen molar-refractivity contribution < 1.29 is 13.5 Å². The summed E-state index contributed by atoms with van der Waals surface area (Å²) in [5.74, 6) is -1.89. The highest BCUT2D eigenvalue weighted by Crippen LogP contribution is 2.40. The summed E-state index contributed by atoms with van der Waals surface area (Å²) >= 11 is 6.36. The fourth-order valence-corrected chi connectivity index (χ4v) is 3.15. The highest BCUT2D eigenvalue weighted by atomic mass is 35.5. The van der Waals surface area contributed by atoms with E-state index in [1.54, 1.807) is 7.11 Å². The maximum absolute atomic E-state index is 13.4. The summed E-state index contributed by atoms with van der Waals surface area (Å²) in [4.78, 5) is 0. The summed E-state index contributed by atoms with van der Waals surface area (Å²) < 4.78 is 32.1. The molecule has 4 heteroatoms. The summed E-state index contributed by atoms with van der Waals surface area (Å²) in [5, 5.41) is -0.262. The Hall–Kier alpha value is -0.830. The van der Waals surface area contributed by atoms with Crippen LogP contribution in [0, 0.1) is 5.92 Å². The third-order valence-corrected chi connectivity index (χ3v) is 4.31. The summed E-state index contributed by atoms with van der Waals surface area (Å²) in [6.45, 7) is 0. The van der Waals surface area contributed by atoms with Gasteiger partial charge in [-0.1, -0.05) is 18.2 Å². The van der Waals surface area contributed by atoms with Crippen molar-refractivity contribution in [2.45, 2.75) is 43.4 Å². The molecule has 0 heterocycles. The molecule has 0 aromatic heterocycles. The summed E-state index contributed by atoms with van der Waals surface area (Å²) in [6.07, 6.45) is 1.84. The Balaban J connectivity index is 2.02. The van der Waals surface area contributed by atoms with Gasteiger partial charge in [0.2, 0.25) is 5.92 Å². The Morgan fingerprint density at radius 3 is 2.84 bits per heavy atom. The fraction of sp³-hybridized carbons (Fsp3) is 0.600. The van der Waals surface area contributed by atoms with Crippen LogP contribution in [0.15, 0.2) is 24.3 Å². The van der Waals surface area contributed by atoms with Gasteiger partial charge in [0.1, 0.15) is 5.75 Å². The summed E-state index contributed by atoms with van der Waals surface area (Å²) in [6, 6.07) is 7.61. The van der Waals surface area contributed by atoms with Gasteiger partial charge in [0.05, 0.1) is 7.11 Å². The predicted molar refractivity (Wildman–Crippen MR) is 73.2 cm³/mol. The van der Waals surface area contributed by atoms with E-state index in [1.165, 1.54) is 0 Å². The van der Waals surface area contributed by atoms with E-state index in [0.29, 0.717) is 12.8 Å². The Bertz CT molecular complexity index is 422. The number of para-hydroxylation sites is 1. The van der Waals surface area contributed by atoms with Gasteiger partial charge in [0.25, 0.3) is 0 Å². The van der Waals surface area contributed by atoms with Crippen molar-refractivity contribution in [2.24, 2.45) is 5.92 Å². The minimum atomic E-state index is -2.54. The first-order chi connectivity index (χ1) is 9.02. The molecule has 1 aromatic carbocycles. The SMILES string of the molecule is COc1ccccc1CC(Cl)C1CCCC(F)(F)C1. The van der Waals surface area contributed by atoms with E-state index in [0.717, 1.165) is 17.7 Å². The molecule has 2 atom stereocenters. The first kappa shape index (κ1) is 14.6. The predicted octanol–water partition coefficient (Wildman–Crippen LogP) is 4.67. The Labute approximate surface area is 117 Å². The molecule has 106 valence electrons. The van der Waals surface area contributed by atoms with Gasteiger partial charge in [-0.25, -0.2) is 8.78 Å². The van der Waals surface area contributed by atoms with E-state index < -0.39 is 5.92 Å². The molecular weight excluding hydrogens is 270 g/mol. The van der Waals surface area contributed by atoms with Crippen molar-refractivity contribution in [2.75, 3.05) is 7.11 Å². The summed E-state index contributed by atoms with van der Waals surface area (Å²) in [5.41, 5.74) is 0.985. The Morgan fingerprint density at radius 1 is 1.42 bits per heavy atom. The molecular formula is C15H19ClF2O. The lowest BCUT2D eigenvalue weighted by Gasteiger charge is -2.31. The number of hydrogen-bond acceptors (Lipinski definition) is 1. The van der Waals surface area contributed by atoms with E-state index in [-0.39, 0.29) is 24.1 Å². The molecule has 0 N–H and O–H groups in total. The minimum absolute atomic E-state index is 0.00175. The minimum Gasteiger partial charge on any atom is -0.496 e. The average molecular weight is 289 g/mol. The molecule has 2 rings (SSSR count). The molecule has 0 radical (unpaired) electrons. The van der Waals surface area contributed by atoms with Crippen LogP contribution in [0.25, 0.3) is 0 Å². The van der Waals surface area contributed by atoms with Crippen LogP contribution in [-0.4, -0.2) is 18.4 Å². The van der Waals surface area contributed by atoms with Gasteiger partial charge >= 0.3 is 0 Å². The molecule has 1 aliphatic rings. The number of methoxy groups -OCH3 is 1. The fourth-order valence-electron chi connectivity index (χ4n) is 2.77. The molecule has 1 aliphatic carbocycles. The number of alkyl halides is 3. The zero-order valence-electron chi connectivity index (χ0n) is 11.0. The van der Waals surface area contributed by atoms with Crippen LogP contribution in [-0.2, 0) is 6.42 Å². The van der Waals surface area contributed by atoms with E-state index >= 15 is 0 Å². The van der Waals surface area contributed by atoms with E-state index in [2.05, 4.69) is 0 Å². The van der Waals surface area contributed by atoms with E-state index in [4.69, 9.17) is 16.3 Å². The van der Waals surface area contributed by atoms with Crippen LogP contribution in [0.4, 0.5) is 8.78 Å². The number of benzene rings is 1. The molecule has 0 bridgehead atoms. The lowest BCUT2D eigenvalue weighted by molar-refractivity contribution is -0.0528. The zero-order chi connectivity index (χ0) is 13.9. The topological polar surface area (TPSA) is 9.23 Å². The van der Waals surface area contributed by atoms with Gasteiger partial charge in [-0.2, -0.15) is 0 Å². The maximum Gasteiger partial charge on any atom is 0.248 e. The van der Waals surface area contributed by atoms with Gasteiger partial charge in [-0.3, -0.25) is 0 Å². The largest absolute Gasteiger partial charge is 0.496 e. The van der Waals surface area contributed by atoms with Crippen molar-refractivity contribution in [1.82, 2.24) is 0 Å². The number of ether oxygens (including phenoxy) is 1. The second-order valence-electron chi connectivity index (χ2n) is 5.24. The maximum atomic E-state index is 13.4. The van der Waals surface area contributed by atoms with Crippen molar-refractivity contribution >= 4 is 11.6 Å². The molecule has 0 spiro atoms. The molecule has 1 saturated carbocycles. The van der Waals surface area contributed by atoms with Gasteiger partial charge in [0.15, 0.2) is 0 Å². The van der Waals surface area contributed by atoms with Gasteiger partial charge in [-0.05, 0) is 36.8 Å². The number of halogens is 3. The molecule has 1 aromatic rings. The van der Waals surface area contributed by atoms with E-state index in [9.17, 15) is 8.78 Å². The molecule has 1 nitrogen and oxygen atoms in total. The van der Waals surface area contributed by atoms with Crippen LogP contribution >= 0.6 is 11.6 Å². The molecule has 0 aliphatic heterocycles. The molecule has 19 heavy (non-hydrogen) atoms. The van der Waals surface area contributed by atoms with Crippen molar-refractivity contribution in [1.29, 1.82) is 0 Å². The van der Waals surface area contributed by atoms with E-state index in [1.807, 2.05) is 24.3 Å². The van der Waals surface area contributed by atoms with Crippen LogP contribution in [0.5, 0.6) is 5.75 Å². The summed E-state index contributed by atoms with van der Waals surface area (Å²) in [7, 11) is 1.61. The Kier molecular flexibility index (Phi) is 4.67.